The maximum Gasteiger partial charge on any atom is 0.112 e. The van der Waals surface area contributed by atoms with Crippen molar-refractivity contribution in [1.29, 1.82) is 0 Å². The maximum absolute atomic E-state index is 9.28. The molecule has 2 aliphatic rings. The standard InChI is InChI=1S/C7H12O4/c8-4-1-6-7(11-2-4)5(9)3-10-6/h4-9H,1-3H2. The fourth-order valence-electron chi connectivity index (χ4n) is 1.64. The zero-order chi connectivity index (χ0) is 7.84. The van der Waals surface area contributed by atoms with Crippen molar-refractivity contribution in [2.45, 2.75) is 30.8 Å². The van der Waals surface area contributed by atoms with Crippen LogP contribution in [0.15, 0.2) is 0 Å². The van der Waals surface area contributed by atoms with Gasteiger partial charge in [-0.05, 0) is 0 Å². The van der Waals surface area contributed by atoms with Crippen LogP contribution in [0.5, 0.6) is 0 Å². The van der Waals surface area contributed by atoms with Crippen molar-refractivity contribution in [3.63, 3.8) is 0 Å². The molecular formula is C7H12O4. The van der Waals surface area contributed by atoms with Crippen molar-refractivity contribution in [3.05, 3.63) is 0 Å². The molecule has 2 rings (SSSR count). The van der Waals surface area contributed by atoms with E-state index in [0.29, 0.717) is 19.6 Å². The molecule has 4 atom stereocenters. The molecule has 4 heteroatoms. The molecule has 64 valence electrons. The predicted octanol–water partition coefficient (Wildman–Crippen LogP) is -1.10. The zero-order valence-electron chi connectivity index (χ0n) is 6.14. The lowest BCUT2D eigenvalue weighted by Gasteiger charge is -2.28. The van der Waals surface area contributed by atoms with Crippen LogP contribution in [0.25, 0.3) is 0 Å². The Hall–Kier alpha value is -0.160. The summed E-state index contributed by atoms with van der Waals surface area (Å²) in [6.45, 7) is 0.656. The Bertz CT molecular complexity index is 149. The highest BCUT2D eigenvalue weighted by molar-refractivity contribution is 4.89. The number of rotatable bonds is 0. The van der Waals surface area contributed by atoms with Crippen LogP contribution in [0.3, 0.4) is 0 Å². The third-order valence-electron chi connectivity index (χ3n) is 2.21. The predicted molar refractivity (Wildman–Crippen MR) is 36.1 cm³/mol. The smallest absolute Gasteiger partial charge is 0.112 e. The van der Waals surface area contributed by atoms with Crippen LogP contribution in [-0.2, 0) is 9.47 Å². The quantitative estimate of drug-likeness (QED) is 0.472. The van der Waals surface area contributed by atoms with Crippen molar-refractivity contribution < 1.29 is 19.7 Å². The number of aliphatic hydroxyl groups excluding tert-OH is 2. The Morgan fingerprint density at radius 1 is 1.09 bits per heavy atom. The zero-order valence-corrected chi connectivity index (χ0v) is 6.14. The van der Waals surface area contributed by atoms with Crippen LogP contribution >= 0.6 is 0 Å². The highest BCUT2D eigenvalue weighted by atomic mass is 16.6. The lowest BCUT2D eigenvalue weighted by atomic mass is 10.0. The third kappa shape index (κ3) is 1.27. The fourth-order valence-corrected chi connectivity index (χ4v) is 1.64. The lowest BCUT2D eigenvalue weighted by molar-refractivity contribution is -0.117. The molecule has 2 fully saturated rings. The normalized spacial score (nSPS) is 50.7. The Morgan fingerprint density at radius 3 is 2.73 bits per heavy atom. The van der Waals surface area contributed by atoms with Gasteiger partial charge in [-0.25, -0.2) is 0 Å². The van der Waals surface area contributed by atoms with Gasteiger partial charge in [-0.15, -0.1) is 0 Å². The van der Waals surface area contributed by atoms with E-state index in [1.165, 1.54) is 0 Å². The first-order valence-electron chi connectivity index (χ1n) is 3.86. The molecular weight excluding hydrogens is 148 g/mol. The summed E-state index contributed by atoms with van der Waals surface area (Å²) in [4.78, 5) is 0. The van der Waals surface area contributed by atoms with Gasteiger partial charge in [0.05, 0.1) is 25.4 Å². The van der Waals surface area contributed by atoms with Gasteiger partial charge in [0.15, 0.2) is 0 Å². The Kier molecular flexibility index (Phi) is 1.85. The van der Waals surface area contributed by atoms with E-state index in [9.17, 15) is 5.11 Å². The van der Waals surface area contributed by atoms with E-state index < -0.39 is 12.2 Å². The molecule has 0 radical (unpaired) electrons. The van der Waals surface area contributed by atoms with Crippen molar-refractivity contribution >= 4 is 0 Å². The average molecular weight is 160 g/mol. The highest BCUT2D eigenvalue weighted by Gasteiger charge is 2.41. The summed E-state index contributed by atoms with van der Waals surface area (Å²) in [5.74, 6) is 0. The first kappa shape index (κ1) is 7.49. The van der Waals surface area contributed by atoms with Gasteiger partial charge in [-0.3, -0.25) is 0 Å². The molecule has 2 saturated heterocycles. The van der Waals surface area contributed by atoms with Crippen LogP contribution in [0.4, 0.5) is 0 Å². The molecule has 0 amide bonds. The SMILES string of the molecule is OC1COC2C(O)COC2C1. The molecule has 0 aromatic carbocycles. The summed E-state index contributed by atoms with van der Waals surface area (Å²) in [5.41, 5.74) is 0. The Labute approximate surface area is 64.7 Å². The van der Waals surface area contributed by atoms with Crippen molar-refractivity contribution in [2.75, 3.05) is 13.2 Å². The lowest BCUT2D eigenvalue weighted by Crippen LogP contribution is -2.42. The third-order valence-corrected chi connectivity index (χ3v) is 2.21. The second kappa shape index (κ2) is 2.71. The molecule has 4 nitrogen and oxygen atoms in total. The molecule has 0 aromatic heterocycles. The van der Waals surface area contributed by atoms with Gasteiger partial charge in [0, 0.05) is 6.42 Å². The summed E-state index contributed by atoms with van der Waals surface area (Å²) in [6.07, 6.45) is -0.664. The van der Waals surface area contributed by atoms with E-state index in [1.54, 1.807) is 0 Å². The second-order valence-electron chi connectivity index (χ2n) is 3.13. The number of fused-ring (bicyclic) bond motifs is 1. The molecule has 0 spiro atoms. The fraction of sp³-hybridized carbons (Fsp3) is 1.00. The molecule has 0 aromatic rings. The monoisotopic (exact) mass is 160 g/mol. The highest BCUT2D eigenvalue weighted by Crippen LogP contribution is 2.25. The molecule has 11 heavy (non-hydrogen) atoms. The summed E-state index contributed by atoms with van der Waals surface area (Å²) >= 11 is 0. The average Bonchev–Trinajstić information content (AvgIpc) is 2.32. The number of hydrogen-bond donors (Lipinski definition) is 2. The number of aliphatic hydroxyl groups is 2. The van der Waals surface area contributed by atoms with E-state index in [4.69, 9.17) is 14.6 Å². The van der Waals surface area contributed by atoms with Crippen molar-refractivity contribution in [1.82, 2.24) is 0 Å². The first-order chi connectivity index (χ1) is 5.27. The largest absolute Gasteiger partial charge is 0.391 e. The van der Waals surface area contributed by atoms with Crippen molar-refractivity contribution in [2.24, 2.45) is 0 Å². The topological polar surface area (TPSA) is 58.9 Å². The molecule has 2 N–H and O–H groups in total. The van der Waals surface area contributed by atoms with Gasteiger partial charge in [0.1, 0.15) is 12.2 Å². The second-order valence-corrected chi connectivity index (χ2v) is 3.13. The van der Waals surface area contributed by atoms with E-state index in [0.717, 1.165) is 0 Å². The van der Waals surface area contributed by atoms with E-state index in [-0.39, 0.29) is 12.2 Å². The van der Waals surface area contributed by atoms with Crippen LogP contribution in [0.1, 0.15) is 6.42 Å². The van der Waals surface area contributed by atoms with Gasteiger partial charge in [-0.1, -0.05) is 0 Å². The summed E-state index contributed by atoms with van der Waals surface area (Å²) in [5, 5.41) is 18.4. The van der Waals surface area contributed by atoms with Gasteiger partial charge < -0.3 is 19.7 Å². The van der Waals surface area contributed by atoms with Gasteiger partial charge >= 0.3 is 0 Å². The summed E-state index contributed by atoms with van der Waals surface area (Å²) in [7, 11) is 0. The van der Waals surface area contributed by atoms with Crippen LogP contribution in [-0.4, -0.2) is 47.8 Å². The molecule has 2 heterocycles. The minimum atomic E-state index is -0.507. The maximum atomic E-state index is 9.28. The van der Waals surface area contributed by atoms with Crippen LogP contribution in [0, 0.1) is 0 Å². The Morgan fingerprint density at radius 2 is 1.91 bits per heavy atom. The first-order valence-corrected chi connectivity index (χ1v) is 3.86. The van der Waals surface area contributed by atoms with Gasteiger partial charge in [-0.2, -0.15) is 0 Å². The van der Waals surface area contributed by atoms with Crippen LogP contribution < -0.4 is 0 Å². The van der Waals surface area contributed by atoms with E-state index in [2.05, 4.69) is 0 Å². The molecule has 0 aliphatic carbocycles. The van der Waals surface area contributed by atoms with Gasteiger partial charge in [0.2, 0.25) is 0 Å². The van der Waals surface area contributed by atoms with E-state index in [1.807, 2.05) is 0 Å². The molecule has 0 bridgehead atoms. The molecule has 0 saturated carbocycles. The molecule has 4 unspecified atom stereocenters. The minimum Gasteiger partial charge on any atom is -0.391 e. The minimum absolute atomic E-state index is 0.103. The number of hydrogen-bond acceptors (Lipinski definition) is 4. The van der Waals surface area contributed by atoms with E-state index >= 15 is 0 Å². The summed E-state index contributed by atoms with van der Waals surface area (Å²) in [6, 6.07) is 0. The summed E-state index contributed by atoms with van der Waals surface area (Å²) < 4.78 is 10.4. The van der Waals surface area contributed by atoms with Gasteiger partial charge in [0.25, 0.3) is 0 Å². The van der Waals surface area contributed by atoms with Crippen molar-refractivity contribution in [3.8, 4) is 0 Å². The number of ether oxygens (including phenoxy) is 2. The molecule has 2 aliphatic heterocycles. The van der Waals surface area contributed by atoms with Crippen LogP contribution in [0.2, 0.25) is 0 Å². The Balaban J connectivity index is 2.00.